The van der Waals surface area contributed by atoms with Gasteiger partial charge in [-0.3, -0.25) is 4.90 Å². The van der Waals surface area contributed by atoms with Gasteiger partial charge >= 0.3 is 0 Å². The lowest BCUT2D eigenvalue weighted by Gasteiger charge is -2.51. The van der Waals surface area contributed by atoms with Crippen LogP contribution in [0.3, 0.4) is 0 Å². The lowest BCUT2D eigenvalue weighted by molar-refractivity contribution is -0.0231. The van der Waals surface area contributed by atoms with Crippen LogP contribution in [0.15, 0.2) is 0 Å². The summed E-state index contributed by atoms with van der Waals surface area (Å²) in [5, 5.41) is 10.1. The molecule has 1 N–H and O–H groups in total. The number of rotatable bonds is 4. The van der Waals surface area contributed by atoms with Crippen LogP contribution in [-0.2, 0) is 0 Å². The molecule has 0 aliphatic heterocycles. The molecule has 0 bridgehead atoms. The Morgan fingerprint density at radius 1 is 1.06 bits per heavy atom. The van der Waals surface area contributed by atoms with Crippen molar-refractivity contribution in [1.82, 2.24) is 9.80 Å². The molecule has 0 spiro atoms. The predicted molar refractivity (Wildman–Crippen MR) is 71.2 cm³/mol. The third kappa shape index (κ3) is 2.67. The van der Waals surface area contributed by atoms with Gasteiger partial charge in [0.2, 0.25) is 0 Å². The highest BCUT2D eigenvalue weighted by Crippen LogP contribution is 2.37. The van der Waals surface area contributed by atoms with Crippen LogP contribution in [0.1, 0.15) is 44.9 Å². The van der Waals surface area contributed by atoms with E-state index < -0.39 is 0 Å². The maximum atomic E-state index is 10.1. The third-order valence-electron chi connectivity index (χ3n) is 5.04. The lowest BCUT2D eigenvalue weighted by Crippen LogP contribution is -2.59. The van der Waals surface area contributed by atoms with Gasteiger partial charge in [0.05, 0.1) is 6.10 Å². The Kier molecular flexibility index (Phi) is 4.11. The highest BCUT2D eigenvalue weighted by atomic mass is 16.3. The van der Waals surface area contributed by atoms with Crippen LogP contribution in [-0.4, -0.2) is 60.3 Å². The van der Waals surface area contributed by atoms with Gasteiger partial charge in [-0.25, -0.2) is 0 Å². The van der Waals surface area contributed by atoms with E-state index in [-0.39, 0.29) is 6.10 Å². The molecule has 0 heterocycles. The Bertz CT molecular complexity index is 251. The standard InChI is InChI=1S/C14H28N2O/c1-15(2)14(9-6-10-14)11-16(3)12-7-4-5-8-13(12)17/h12-13,17H,4-11H2,1-3H3/t12-,13-/m0/s1. The first-order chi connectivity index (χ1) is 8.05. The Morgan fingerprint density at radius 2 is 1.71 bits per heavy atom. The van der Waals surface area contributed by atoms with Gasteiger partial charge in [0, 0.05) is 18.1 Å². The van der Waals surface area contributed by atoms with E-state index in [1.165, 1.54) is 38.5 Å². The predicted octanol–water partition coefficient (Wildman–Crippen LogP) is 1.71. The van der Waals surface area contributed by atoms with Crippen molar-refractivity contribution < 1.29 is 5.11 Å². The van der Waals surface area contributed by atoms with Crippen molar-refractivity contribution in [1.29, 1.82) is 0 Å². The number of likely N-dealkylation sites (N-methyl/N-ethyl adjacent to an activating group) is 2. The van der Waals surface area contributed by atoms with Crippen molar-refractivity contribution in [2.75, 3.05) is 27.7 Å². The summed E-state index contributed by atoms with van der Waals surface area (Å²) in [7, 11) is 6.59. The van der Waals surface area contributed by atoms with E-state index in [4.69, 9.17) is 0 Å². The fourth-order valence-electron chi connectivity index (χ4n) is 3.52. The zero-order chi connectivity index (χ0) is 12.5. The molecule has 2 fully saturated rings. The normalized spacial score (nSPS) is 32.8. The molecule has 0 saturated heterocycles. The summed E-state index contributed by atoms with van der Waals surface area (Å²) < 4.78 is 0. The van der Waals surface area contributed by atoms with Crippen LogP contribution in [0, 0.1) is 0 Å². The maximum Gasteiger partial charge on any atom is 0.0695 e. The van der Waals surface area contributed by atoms with Crippen molar-refractivity contribution in [3.63, 3.8) is 0 Å². The molecule has 0 amide bonds. The molecule has 3 nitrogen and oxygen atoms in total. The van der Waals surface area contributed by atoms with E-state index in [0.29, 0.717) is 11.6 Å². The second kappa shape index (κ2) is 5.25. The molecule has 3 heteroatoms. The van der Waals surface area contributed by atoms with Crippen LogP contribution < -0.4 is 0 Å². The molecule has 100 valence electrons. The fraction of sp³-hybridized carbons (Fsp3) is 1.00. The van der Waals surface area contributed by atoms with Crippen LogP contribution in [0.5, 0.6) is 0 Å². The molecule has 2 saturated carbocycles. The lowest BCUT2D eigenvalue weighted by atomic mass is 9.75. The Balaban J connectivity index is 1.93. The summed E-state index contributed by atoms with van der Waals surface area (Å²) in [5.41, 5.74) is 0.381. The van der Waals surface area contributed by atoms with Gasteiger partial charge in [-0.05, 0) is 53.2 Å². The molecule has 0 unspecified atom stereocenters. The molecule has 0 radical (unpaired) electrons. The maximum absolute atomic E-state index is 10.1. The second-order valence-electron chi connectivity index (χ2n) is 6.31. The van der Waals surface area contributed by atoms with Gasteiger partial charge in [-0.1, -0.05) is 12.8 Å². The zero-order valence-corrected chi connectivity index (χ0v) is 11.7. The van der Waals surface area contributed by atoms with Gasteiger partial charge in [-0.15, -0.1) is 0 Å². The molecule has 2 atom stereocenters. The van der Waals surface area contributed by atoms with Gasteiger partial charge in [0.15, 0.2) is 0 Å². The molecular weight excluding hydrogens is 212 g/mol. The number of aliphatic hydroxyl groups is 1. The van der Waals surface area contributed by atoms with Gasteiger partial charge in [0.25, 0.3) is 0 Å². The van der Waals surface area contributed by atoms with Crippen LogP contribution in [0.25, 0.3) is 0 Å². The molecule has 2 aliphatic carbocycles. The summed E-state index contributed by atoms with van der Waals surface area (Å²) in [6.45, 7) is 1.11. The van der Waals surface area contributed by atoms with Crippen LogP contribution in [0.4, 0.5) is 0 Å². The van der Waals surface area contributed by atoms with Crippen LogP contribution in [0.2, 0.25) is 0 Å². The Morgan fingerprint density at radius 3 is 2.18 bits per heavy atom. The van der Waals surface area contributed by atoms with E-state index in [0.717, 1.165) is 13.0 Å². The van der Waals surface area contributed by atoms with Crippen LogP contribution >= 0.6 is 0 Å². The van der Waals surface area contributed by atoms with Crippen molar-refractivity contribution >= 4 is 0 Å². The first kappa shape index (κ1) is 13.3. The fourth-order valence-corrected chi connectivity index (χ4v) is 3.52. The smallest absolute Gasteiger partial charge is 0.0695 e. The van der Waals surface area contributed by atoms with Gasteiger partial charge in [0.1, 0.15) is 0 Å². The summed E-state index contributed by atoms with van der Waals surface area (Å²) in [5.74, 6) is 0. The zero-order valence-electron chi connectivity index (χ0n) is 11.7. The molecular formula is C14H28N2O. The minimum absolute atomic E-state index is 0.104. The Hall–Kier alpha value is -0.120. The molecule has 2 aliphatic rings. The van der Waals surface area contributed by atoms with E-state index in [1.807, 2.05) is 0 Å². The van der Waals surface area contributed by atoms with Gasteiger partial charge in [-0.2, -0.15) is 0 Å². The highest BCUT2D eigenvalue weighted by molar-refractivity contribution is 4.99. The Labute approximate surface area is 106 Å². The monoisotopic (exact) mass is 240 g/mol. The number of nitrogens with zero attached hydrogens (tertiary/aromatic N) is 2. The van der Waals surface area contributed by atoms with Crippen molar-refractivity contribution in [2.24, 2.45) is 0 Å². The number of aliphatic hydroxyl groups excluding tert-OH is 1. The molecule has 0 aromatic heterocycles. The van der Waals surface area contributed by atoms with E-state index >= 15 is 0 Å². The first-order valence-corrected chi connectivity index (χ1v) is 7.11. The van der Waals surface area contributed by atoms with Crippen molar-refractivity contribution in [3.8, 4) is 0 Å². The molecule has 2 rings (SSSR count). The number of hydrogen-bond acceptors (Lipinski definition) is 3. The minimum Gasteiger partial charge on any atom is -0.391 e. The largest absolute Gasteiger partial charge is 0.391 e. The average molecular weight is 240 g/mol. The second-order valence-corrected chi connectivity index (χ2v) is 6.31. The summed E-state index contributed by atoms with van der Waals surface area (Å²) >= 11 is 0. The molecule has 0 aromatic rings. The van der Waals surface area contributed by atoms with Crippen molar-refractivity contribution in [3.05, 3.63) is 0 Å². The minimum atomic E-state index is -0.104. The van der Waals surface area contributed by atoms with E-state index in [9.17, 15) is 5.11 Å². The molecule has 17 heavy (non-hydrogen) atoms. The SMILES string of the molecule is CN(CC1(N(C)C)CCC1)[C@H]1CCCC[C@@H]1O. The summed E-state index contributed by atoms with van der Waals surface area (Å²) in [4.78, 5) is 4.81. The average Bonchev–Trinajstić information content (AvgIpc) is 2.23. The summed E-state index contributed by atoms with van der Waals surface area (Å²) in [6, 6.07) is 0.390. The number of hydrogen-bond donors (Lipinski definition) is 1. The third-order valence-corrected chi connectivity index (χ3v) is 5.04. The van der Waals surface area contributed by atoms with E-state index in [1.54, 1.807) is 0 Å². The quantitative estimate of drug-likeness (QED) is 0.810. The molecule has 0 aromatic carbocycles. The highest BCUT2D eigenvalue weighted by Gasteiger charge is 2.41. The first-order valence-electron chi connectivity index (χ1n) is 7.11. The van der Waals surface area contributed by atoms with E-state index in [2.05, 4.69) is 30.9 Å². The van der Waals surface area contributed by atoms with Gasteiger partial charge < -0.3 is 10.0 Å². The topological polar surface area (TPSA) is 26.7 Å². The van der Waals surface area contributed by atoms with Crippen molar-refractivity contribution in [2.45, 2.75) is 62.6 Å². The summed E-state index contributed by atoms with van der Waals surface area (Å²) in [6.07, 6.45) is 8.52.